The molecule has 0 unspecified atom stereocenters. The average Bonchev–Trinajstić information content (AvgIpc) is 3.63. The van der Waals surface area contributed by atoms with Gasteiger partial charge >= 0.3 is 5.97 Å². The second kappa shape index (κ2) is 8.93. The van der Waals surface area contributed by atoms with Gasteiger partial charge in [0.1, 0.15) is 0 Å². The van der Waals surface area contributed by atoms with Gasteiger partial charge in [-0.3, -0.25) is 4.79 Å². The van der Waals surface area contributed by atoms with Gasteiger partial charge in [0.15, 0.2) is 19.6 Å². The molecule has 4 fully saturated rings. The van der Waals surface area contributed by atoms with Crippen molar-refractivity contribution < 1.29 is 23.5 Å². The molecule has 2 spiro atoms. The van der Waals surface area contributed by atoms with E-state index in [0.717, 1.165) is 18.5 Å². The van der Waals surface area contributed by atoms with Crippen LogP contribution in [0, 0.1) is 5.41 Å². The number of ether oxygens (including phenoxy) is 2. The fourth-order valence-electron chi connectivity index (χ4n) is 9.38. The minimum atomic E-state index is -2.00. The molecule has 4 saturated heterocycles. The molecule has 7 rings (SSSR count). The third kappa shape index (κ3) is 3.24. The monoisotopic (exact) mass is 588 g/mol. The first kappa shape index (κ1) is 28.1. The van der Waals surface area contributed by atoms with E-state index >= 15 is 0 Å². The summed E-state index contributed by atoms with van der Waals surface area (Å²) in [7, 11) is -0.528. The molecule has 2 aromatic rings. The van der Waals surface area contributed by atoms with Crippen LogP contribution in [-0.2, 0) is 35.4 Å². The molecule has 5 atom stereocenters. The van der Waals surface area contributed by atoms with Crippen molar-refractivity contribution in [3.05, 3.63) is 65.7 Å². The van der Waals surface area contributed by atoms with Crippen molar-refractivity contribution in [2.24, 2.45) is 5.41 Å². The van der Waals surface area contributed by atoms with Crippen LogP contribution >= 0.6 is 0 Å². The van der Waals surface area contributed by atoms with E-state index in [9.17, 15) is 9.59 Å². The van der Waals surface area contributed by atoms with Crippen LogP contribution in [0.2, 0.25) is 18.1 Å². The second-order valence-electron chi connectivity index (χ2n) is 14.7. The minimum Gasteiger partial charge on any atom is -0.467 e. The number of piperidine rings is 1. The van der Waals surface area contributed by atoms with E-state index in [0.29, 0.717) is 39.0 Å². The highest BCUT2D eigenvalue weighted by molar-refractivity contribution is 6.74. The summed E-state index contributed by atoms with van der Waals surface area (Å²) in [6.07, 6.45) is 3.20. The van der Waals surface area contributed by atoms with Crippen LogP contribution in [0.25, 0.3) is 0 Å². The molecule has 8 heteroatoms. The molecule has 0 saturated carbocycles. The highest BCUT2D eigenvalue weighted by Crippen LogP contribution is 2.80. The number of hydrogen-bond acceptors (Lipinski definition) is 6. The second-order valence-corrected chi connectivity index (χ2v) is 19.6. The van der Waals surface area contributed by atoms with E-state index in [4.69, 9.17) is 13.9 Å². The minimum absolute atomic E-state index is 0.0952. The van der Waals surface area contributed by atoms with E-state index in [1.165, 1.54) is 18.2 Å². The summed E-state index contributed by atoms with van der Waals surface area (Å²) in [6.45, 7) is 13.2. The number of hydrogen-bond donors (Lipinski definition) is 0. The van der Waals surface area contributed by atoms with E-state index in [1.807, 2.05) is 11.0 Å². The maximum Gasteiger partial charge on any atom is 0.340 e. The number of carbonyl (C=O) groups excluding carboxylic acids is 2. The molecule has 0 N–H and O–H groups in total. The van der Waals surface area contributed by atoms with Gasteiger partial charge in [-0.15, -0.1) is 0 Å². The third-order valence-corrected chi connectivity index (χ3v) is 16.5. The van der Waals surface area contributed by atoms with Crippen molar-refractivity contribution in [3.8, 4) is 0 Å². The Balaban J connectivity index is 1.40. The first-order valence-corrected chi connectivity index (χ1v) is 18.4. The van der Waals surface area contributed by atoms with Gasteiger partial charge in [-0.2, -0.15) is 0 Å². The summed E-state index contributed by atoms with van der Waals surface area (Å²) in [6, 6.07) is 18.7. The lowest BCUT2D eigenvalue weighted by atomic mass is 9.49. The van der Waals surface area contributed by atoms with Crippen LogP contribution in [0.3, 0.4) is 0 Å². The fraction of sp³-hybridized carbons (Fsp3) is 0.588. The Hall–Kier alpha value is -2.68. The van der Waals surface area contributed by atoms with Gasteiger partial charge in [0.25, 0.3) is 0 Å². The van der Waals surface area contributed by atoms with Crippen molar-refractivity contribution in [3.63, 3.8) is 0 Å². The predicted octanol–water partition coefficient (Wildman–Crippen LogP) is 5.78. The SMILES string of the molecule is COC(=O)[C@]12C[C@]3(CCO[Si](C)(C)C(C)(C)C)CCC(=O)N4CC[C@@]5(c6ccccc6N(Cc6ccccc6)[C@H]51)[C@]43O2. The largest absolute Gasteiger partial charge is 0.467 e. The molecule has 2 aromatic carbocycles. The van der Waals surface area contributed by atoms with E-state index in [-0.39, 0.29) is 23.0 Å². The zero-order chi connectivity index (χ0) is 29.8. The number of amides is 1. The molecule has 5 aliphatic heterocycles. The summed E-state index contributed by atoms with van der Waals surface area (Å²) in [5.74, 6) is -0.193. The number of para-hydroxylation sites is 1. The molecule has 0 aromatic heterocycles. The molecule has 1 amide bonds. The van der Waals surface area contributed by atoms with Crippen LogP contribution in [0.15, 0.2) is 54.6 Å². The van der Waals surface area contributed by atoms with Gasteiger partial charge < -0.3 is 23.7 Å². The number of esters is 1. The highest BCUT2D eigenvalue weighted by atomic mass is 28.4. The van der Waals surface area contributed by atoms with Crippen molar-refractivity contribution in [2.45, 2.75) is 100 Å². The van der Waals surface area contributed by atoms with Gasteiger partial charge in [0.2, 0.25) is 5.91 Å². The molecular formula is C34H44N2O5Si. The molecule has 224 valence electrons. The summed E-state index contributed by atoms with van der Waals surface area (Å²) < 4.78 is 19.7. The number of anilines is 1. The maximum atomic E-state index is 14.2. The van der Waals surface area contributed by atoms with Crippen molar-refractivity contribution in [1.29, 1.82) is 0 Å². The summed E-state index contributed by atoms with van der Waals surface area (Å²) in [5.41, 5.74) is 0.431. The Bertz CT molecular complexity index is 1440. The lowest BCUT2D eigenvalue weighted by Crippen LogP contribution is -2.72. The molecule has 5 aliphatic rings. The van der Waals surface area contributed by atoms with Crippen molar-refractivity contribution >= 4 is 25.9 Å². The van der Waals surface area contributed by atoms with Gasteiger partial charge in [0, 0.05) is 37.2 Å². The summed E-state index contributed by atoms with van der Waals surface area (Å²) in [5, 5.41) is 0.0952. The smallest absolute Gasteiger partial charge is 0.340 e. The Kier molecular flexibility index (Phi) is 5.97. The summed E-state index contributed by atoms with van der Waals surface area (Å²) in [4.78, 5) is 32.4. The lowest BCUT2D eigenvalue weighted by Gasteiger charge is -2.58. The normalized spacial score (nSPS) is 34.4. The number of fused-ring (bicyclic) bond motifs is 3. The number of carbonyl (C=O) groups is 2. The quantitative estimate of drug-likeness (QED) is 0.302. The molecule has 42 heavy (non-hydrogen) atoms. The average molecular weight is 589 g/mol. The first-order valence-electron chi connectivity index (χ1n) is 15.5. The van der Waals surface area contributed by atoms with Crippen LogP contribution < -0.4 is 4.90 Å². The van der Waals surface area contributed by atoms with Gasteiger partial charge in [-0.05, 0) is 61.0 Å². The molecule has 2 bridgehead atoms. The van der Waals surface area contributed by atoms with Crippen molar-refractivity contribution in [1.82, 2.24) is 4.90 Å². The van der Waals surface area contributed by atoms with Gasteiger partial charge in [-0.25, -0.2) is 4.79 Å². The Morgan fingerprint density at radius 1 is 1.07 bits per heavy atom. The first-order chi connectivity index (χ1) is 19.9. The topological polar surface area (TPSA) is 68.3 Å². The van der Waals surface area contributed by atoms with Crippen LogP contribution in [0.1, 0.15) is 64.0 Å². The van der Waals surface area contributed by atoms with Crippen LogP contribution in [-0.4, -0.2) is 62.7 Å². The van der Waals surface area contributed by atoms with E-state index in [2.05, 4.69) is 87.3 Å². The molecule has 7 nitrogen and oxygen atoms in total. The van der Waals surface area contributed by atoms with Crippen molar-refractivity contribution in [2.75, 3.05) is 25.2 Å². The number of nitrogens with zero attached hydrogens (tertiary/aromatic N) is 2. The van der Waals surface area contributed by atoms with Gasteiger partial charge in [-0.1, -0.05) is 69.3 Å². The zero-order valence-electron chi connectivity index (χ0n) is 25.9. The molecular weight excluding hydrogens is 544 g/mol. The highest BCUT2D eigenvalue weighted by Gasteiger charge is 2.92. The third-order valence-electron chi connectivity index (χ3n) is 12.0. The van der Waals surface area contributed by atoms with E-state index < -0.39 is 30.5 Å². The van der Waals surface area contributed by atoms with E-state index in [1.54, 1.807) is 0 Å². The van der Waals surface area contributed by atoms with Crippen LogP contribution in [0.5, 0.6) is 0 Å². The Morgan fingerprint density at radius 3 is 2.50 bits per heavy atom. The Morgan fingerprint density at radius 2 is 1.79 bits per heavy atom. The molecule has 0 radical (unpaired) electrons. The van der Waals surface area contributed by atoms with Crippen LogP contribution in [0.4, 0.5) is 5.69 Å². The van der Waals surface area contributed by atoms with Gasteiger partial charge in [0.05, 0.1) is 18.6 Å². The summed E-state index contributed by atoms with van der Waals surface area (Å²) >= 11 is 0. The Labute approximate surface area is 250 Å². The maximum absolute atomic E-state index is 14.2. The fourth-order valence-corrected chi connectivity index (χ4v) is 10.4. The molecule has 0 aliphatic carbocycles. The number of rotatable bonds is 7. The lowest BCUT2D eigenvalue weighted by molar-refractivity contribution is -0.213. The number of benzene rings is 2. The standard InChI is InChI=1S/C34H44N2O5Si/c1-30(2,3)42(5,6)40-21-19-31-17-16-27(37)36-20-18-32-25-14-10-11-15-26(25)35(22-24-12-8-7-9-13-24)28(32)33(23-31,29(38)39-4)41-34(31,32)36/h7-15,28H,16-23H2,1-6H3/t28-,31-,32+,33+,34+/m1/s1. The molecule has 5 heterocycles. The predicted molar refractivity (Wildman–Crippen MR) is 163 cm³/mol. The zero-order valence-corrected chi connectivity index (χ0v) is 26.9. The number of methoxy groups -OCH3 is 1.